The standard InChI is InChI=1S/C17H19N3O3/c1-22-14-7-5-12(9-15(14)23-2)19-16-8-6-13(10-18-16)20-17(21)11-3-4-11/h5-11H,3-4H2,1-2H3,(H,18,19)(H,20,21). The van der Waals surface area contributed by atoms with Gasteiger partial charge in [0.15, 0.2) is 11.5 Å². The molecular formula is C17H19N3O3. The van der Waals surface area contributed by atoms with Crippen molar-refractivity contribution in [2.75, 3.05) is 24.9 Å². The van der Waals surface area contributed by atoms with Crippen LogP contribution in [0.25, 0.3) is 0 Å². The van der Waals surface area contributed by atoms with Crippen LogP contribution in [0.1, 0.15) is 12.8 Å². The molecule has 0 unspecified atom stereocenters. The molecule has 2 N–H and O–H groups in total. The fraction of sp³-hybridized carbons (Fsp3) is 0.294. The van der Waals surface area contributed by atoms with Crippen LogP contribution in [0.4, 0.5) is 17.2 Å². The molecule has 0 aliphatic heterocycles. The number of nitrogens with one attached hydrogen (secondary N) is 2. The third-order valence-electron chi connectivity index (χ3n) is 3.64. The topological polar surface area (TPSA) is 72.5 Å². The molecule has 6 nitrogen and oxygen atoms in total. The highest BCUT2D eigenvalue weighted by atomic mass is 16.5. The number of nitrogens with zero attached hydrogens (tertiary/aromatic N) is 1. The molecule has 3 rings (SSSR count). The highest BCUT2D eigenvalue weighted by molar-refractivity contribution is 5.93. The average molecular weight is 313 g/mol. The van der Waals surface area contributed by atoms with Crippen molar-refractivity contribution in [3.8, 4) is 11.5 Å². The SMILES string of the molecule is COc1ccc(Nc2ccc(NC(=O)C3CC3)cn2)cc1OC. The van der Waals surface area contributed by atoms with Crippen molar-refractivity contribution >= 4 is 23.1 Å². The van der Waals surface area contributed by atoms with E-state index in [4.69, 9.17) is 9.47 Å². The van der Waals surface area contributed by atoms with E-state index in [2.05, 4.69) is 15.6 Å². The molecule has 2 aromatic rings. The van der Waals surface area contributed by atoms with E-state index in [1.807, 2.05) is 30.3 Å². The van der Waals surface area contributed by atoms with Gasteiger partial charge in [-0.15, -0.1) is 0 Å². The monoisotopic (exact) mass is 313 g/mol. The lowest BCUT2D eigenvalue weighted by Crippen LogP contribution is -2.13. The molecule has 1 aliphatic carbocycles. The number of methoxy groups -OCH3 is 2. The highest BCUT2D eigenvalue weighted by Gasteiger charge is 2.29. The minimum absolute atomic E-state index is 0.0763. The van der Waals surface area contributed by atoms with E-state index < -0.39 is 0 Å². The Kier molecular flexibility index (Phi) is 4.32. The minimum atomic E-state index is 0.0763. The van der Waals surface area contributed by atoms with Gasteiger partial charge in [-0.05, 0) is 37.1 Å². The van der Waals surface area contributed by atoms with Gasteiger partial charge in [0.25, 0.3) is 0 Å². The molecular weight excluding hydrogens is 294 g/mol. The Bertz CT molecular complexity index is 697. The van der Waals surface area contributed by atoms with Crippen molar-refractivity contribution in [3.05, 3.63) is 36.5 Å². The summed E-state index contributed by atoms with van der Waals surface area (Å²) < 4.78 is 10.5. The van der Waals surface area contributed by atoms with Crippen molar-refractivity contribution in [1.82, 2.24) is 4.98 Å². The van der Waals surface area contributed by atoms with Crippen molar-refractivity contribution < 1.29 is 14.3 Å². The van der Waals surface area contributed by atoms with Crippen LogP contribution in [-0.2, 0) is 4.79 Å². The second-order valence-corrected chi connectivity index (χ2v) is 5.39. The van der Waals surface area contributed by atoms with Gasteiger partial charge in [-0.2, -0.15) is 0 Å². The zero-order valence-corrected chi connectivity index (χ0v) is 13.1. The summed E-state index contributed by atoms with van der Waals surface area (Å²) in [5, 5.41) is 6.05. The van der Waals surface area contributed by atoms with Crippen molar-refractivity contribution in [1.29, 1.82) is 0 Å². The molecule has 1 aliphatic rings. The fourth-order valence-electron chi connectivity index (χ4n) is 2.19. The molecule has 0 atom stereocenters. The fourth-order valence-corrected chi connectivity index (χ4v) is 2.19. The first kappa shape index (κ1) is 15.1. The number of benzene rings is 1. The number of hydrogen-bond donors (Lipinski definition) is 2. The van der Waals surface area contributed by atoms with E-state index in [1.54, 1.807) is 20.4 Å². The van der Waals surface area contributed by atoms with Crippen LogP contribution >= 0.6 is 0 Å². The van der Waals surface area contributed by atoms with Gasteiger partial charge in [0.1, 0.15) is 5.82 Å². The van der Waals surface area contributed by atoms with Gasteiger partial charge >= 0.3 is 0 Å². The Morgan fingerprint density at radius 1 is 1.09 bits per heavy atom. The molecule has 0 bridgehead atoms. The zero-order chi connectivity index (χ0) is 16.2. The number of carbonyl (C=O) groups excluding carboxylic acids is 1. The Balaban J connectivity index is 1.66. The first-order chi connectivity index (χ1) is 11.2. The van der Waals surface area contributed by atoms with Crippen LogP contribution in [0.3, 0.4) is 0 Å². The van der Waals surface area contributed by atoms with Crippen molar-refractivity contribution in [3.63, 3.8) is 0 Å². The summed E-state index contributed by atoms with van der Waals surface area (Å²) in [5.74, 6) is 2.25. The van der Waals surface area contributed by atoms with E-state index in [0.717, 1.165) is 18.5 Å². The Hall–Kier alpha value is -2.76. The molecule has 1 aromatic heterocycles. The maximum absolute atomic E-state index is 11.7. The van der Waals surface area contributed by atoms with Gasteiger partial charge in [0, 0.05) is 17.7 Å². The number of pyridine rings is 1. The van der Waals surface area contributed by atoms with E-state index >= 15 is 0 Å². The van der Waals surface area contributed by atoms with Gasteiger partial charge in [0.05, 0.1) is 26.1 Å². The molecule has 120 valence electrons. The number of anilines is 3. The largest absolute Gasteiger partial charge is 0.493 e. The maximum Gasteiger partial charge on any atom is 0.227 e. The Morgan fingerprint density at radius 3 is 2.43 bits per heavy atom. The molecule has 1 fully saturated rings. The predicted octanol–water partition coefficient (Wildman–Crippen LogP) is 3.19. The predicted molar refractivity (Wildman–Crippen MR) is 88.4 cm³/mol. The van der Waals surface area contributed by atoms with Crippen LogP contribution in [-0.4, -0.2) is 25.1 Å². The second kappa shape index (κ2) is 6.56. The summed E-state index contributed by atoms with van der Waals surface area (Å²) >= 11 is 0. The number of hydrogen-bond acceptors (Lipinski definition) is 5. The molecule has 1 aromatic carbocycles. The Morgan fingerprint density at radius 2 is 1.83 bits per heavy atom. The van der Waals surface area contributed by atoms with Gasteiger partial charge in [-0.3, -0.25) is 4.79 Å². The molecule has 0 saturated heterocycles. The zero-order valence-electron chi connectivity index (χ0n) is 13.1. The van der Waals surface area contributed by atoms with E-state index in [0.29, 0.717) is 23.0 Å². The van der Waals surface area contributed by atoms with Crippen LogP contribution in [0.2, 0.25) is 0 Å². The van der Waals surface area contributed by atoms with Gasteiger partial charge in [-0.25, -0.2) is 4.98 Å². The molecule has 1 saturated carbocycles. The van der Waals surface area contributed by atoms with Gasteiger partial charge < -0.3 is 20.1 Å². The van der Waals surface area contributed by atoms with E-state index in [1.165, 1.54) is 0 Å². The first-order valence-electron chi connectivity index (χ1n) is 7.45. The lowest BCUT2D eigenvalue weighted by atomic mass is 10.2. The number of ether oxygens (including phenoxy) is 2. The normalized spacial score (nSPS) is 13.3. The van der Waals surface area contributed by atoms with Crippen molar-refractivity contribution in [2.24, 2.45) is 5.92 Å². The molecule has 1 amide bonds. The molecule has 23 heavy (non-hydrogen) atoms. The summed E-state index contributed by atoms with van der Waals surface area (Å²) in [6.07, 6.45) is 3.61. The number of amides is 1. The summed E-state index contributed by atoms with van der Waals surface area (Å²) in [4.78, 5) is 16.0. The van der Waals surface area contributed by atoms with Crippen LogP contribution in [0.5, 0.6) is 11.5 Å². The maximum atomic E-state index is 11.7. The van der Waals surface area contributed by atoms with Crippen LogP contribution in [0, 0.1) is 5.92 Å². The summed E-state index contributed by atoms with van der Waals surface area (Å²) in [7, 11) is 3.19. The molecule has 0 radical (unpaired) electrons. The third-order valence-corrected chi connectivity index (χ3v) is 3.64. The second-order valence-electron chi connectivity index (χ2n) is 5.39. The number of rotatable bonds is 6. The summed E-state index contributed by atoms with van der Waals surface area (Å²) in [6.45, 7) is 0. The summed E-state index contributed by atoms with van der Waals surface area (Å²) in [5.41, 5.74) is 1.55. The smallest absolute Gasteiger partial charge is 0.227 e. The number of aromatic nitrogens is 1. The van der Waals surface area contributed by atoms with Gasteiger partial charge in [0.2, 0.25) is 5.91 Å². The average Bonchev–Trinajstić information content (AvgIpc) is 3.41. The molecule has 0 spiro atoms. The molecule has 1 heterocycles. The third kappa shape index (κ3) is 3.71. The van der Waals surface area contributed by atoms with Crippen molar-refractivity contribution in [2.45, 2.75) is 12.8 Å². The number of carbonyl (C=O) groups is 1. The lowest BCUT2D eigenvalue weighted by molar-refractivity contribution is -0.117. The van der Waals surface area contributed by atoms with E-state index in [-0.39, 0.29) is 11.8 Å². The molecule has 6 heteroatoms. The Labute approximate surface area is 134 Å². The van der Waals surface area contributed by atoms with Crippen LogP contribution in [0.15, 0.2) is 36.5 Å². The minimum Gasteiger partial charge on any atom is -0.493 e. The van der Waals surface area contributed by atoms with Gasteiger partial charge in [-0.1, -0.05) is 0 Å². The summed E-state index contributed by atoms with van der Waals surface area (Å²) in [6, 6.07) is 9.19. The quantitative estimate of drug-likeness (QED) is 0.857. The lowest BCUT2D eigenvalue weighted by Gasteiger charge is -2.11. The highest BCUT2D eigenvalue weighted by Crippen LogP contribution is 2.31. The van der Waals surface area contributed by atoms with Crippen LogP contribution < -0.4 is 20.1 Å². The van der Waals surface area contributed by atoms with E-state index in [9.17, 15) is 4.79 Å². The first-order valence-corrected chi connectivity index (χ1v) is 7.45.